The Labute approximate surface area is 55.8 Å². The first kappa shape index (κ1) is 8.05. The Morgan fingerprint density at radius 2 is 2.38 bits per heavy atom. The molecular formula is C6H12OS. The van der Waals surface area contributed by atoms with Crippen LogP contribution in [0.4, 0.5) is 0 Å². The Morgan fingerprint density at radius 3 is 2.38 bits per heavy atom. The third-order valence-corrected chi connectivity index (χ3v) is 1.44. The summed E-state index contributed by atoms with van der Waals surface area (Å²) in [6.45, 7) is 3.90. The van der Waals surface area contributed by atoms with Crippen molar-refractivity contribution >= 4 is 12.6 Å². The summed E-state index contributed by atoms with van der Waals surface area (Å²) in [5.74, 6) is 0. The molecule has 0 saturated heterocycles. The van der Waals surface area contributed by atoms with Crippen molar-refractivity contribution in [3.8, 4) is 0 Å². The van der Waals surface area contributed by atoms with Gasteiger partial charge in [0.25, 0.3) is 0 Å². The number of hydrogen-bond donors (Lipinski definition) is 2. The summed E-state index contributed by atoms with van der Waals surface area (Å²) < 4.78 is 0. The standard InChI is InChI=1S/C6H12OS/c1-3-5(4-2)6(7)8/h3,6-8H,4H2,1-2H3/b5-3+. The molecule has 0 aliphatic heterocycles. The maximum absolute atomic E-state index is 8.81. The highest BCUT2D eigenvalue weighted by Crippen LogP contribution is 2.08. The van der Waals surface area contributed by atoms with Crippen molar-refractivity contribution in [2.75, 3.05) is 0 Å². The molecule has 0 fully saturated rings. The van der Waals surface area contributed by atoms with E-state index in [-0.39, 0.29) is 0 Å². The van der Waals surface area contributed by atoms with E-state index in [2.05, 4.69) is 12.6 Å². The Morgan fingerprint density at radius 1 is 1.88 bits per heavy atom. The second-order valence-corrected chi connectivity index (χ2v) is 2.08. The van der Waals surface area contributed by atoms with E-state index in [0.29, 0.717) is 0 Å². The van der Waals surface area contributed by atoms with Gasteiger partial charge in [-0.3, -0.25) is 0 Å². The molecule has 0 saturated carbocycles. The van der Waals surface area contributed by atoms with Gasteiger partial charge in [-0.15, -0.1) is 12.6 Å². The van der Waals surface area contributed by atoms with E-state index in [1.54, 1.807) is 0 Å². The minimum absolute atomic E-state index is 0.565. The zero-order valence-corrected chi connectivity index (χ0v) is 6.15. The molecule has 0 aromatic heterocycles. The van der Waals surface area contributed by atoms with Crippen molar-refractivity contribution < 1.29 is 5.11 Å². The van der Waals surface area contributed by atoms with Gasteiger partial charge in [-0.1, -0.05) is 13.0 Å². The topological polar surface area (TPSA) is 20.2 Å². The molecule has 1 unspecified atom stereocenters. The van der Waals surface area contributed by atoms with Crippen molar-refractivity contribution in [1.29, 1.82) is 0 Å². The Kier molecular flexibility index (Phi) is 4.01. The van der Waals surface area contributed by atoms with Crippen molar-refractivity contribution in [1.82, 2.24) is 0 Å². The van der Waals surface area contributed by atoms with Gasteiger partial charge in [0.15, 0.2) is 0 Å². The first-order valence-corrected chi connectivity index (χ1v) is 3.25. The van der Waals surface area contributed by atoms with E-state index < -0.39 is 5.44 Å². The van der Waals surface area contributed by atoms with Crippen LogP contribution in [-0.2, 0) is 0 Å². The first-order chi connectivity index (χ1) is 3.72. The summed E-state index contributed by atoms with van der Waals surface area (Å²) >= 11 is 3.84. The molecule has 1 N–H and O–H groups in total. The largest absolute Gasteiger partial charge is 0.379 e. The van der Waals surface area contributed by atoms with Crippen LogP contribution in [0.3, 0.4) is 0 Å². The number of hydrogen-bond acceptors (Lipinski definition) is 2. The highest BCUT2D eigenvalue weighted by Gasteiger charge is 1.98. The number of allylic oxidation sites excluding steroid dienone is 1. The summed E-state index contributed by atoms with van der Waals surface area (Å²) in [5.41, 5.74) is 0.415. The zero-order chi connectivity index (χ0) is 6.57. The Hall–Kier alpha value is 0.0500. The number of aliphatic hydroxyl groups excluding tert-OH is 1. The SMILES string of the molecule is C/C=C(\CC)C(O)S. The van der Waals surface area contributed by atoms with Gasteiger partial charge in [-0.05, 0) is 18.9 Å². The monoisotopic (exact) mass is 132 g/mol. The van der Waals surface area contributed by atoms with Crippen LogP contribution in [0.1, 0.15) is 20.3 Å². The molecule has 0 heterocycles. The fourth-order valence-electron chi connectivity index (χ4n) is 0.536. The van der Waals surface area contributed by atoms with Gasteiger partial charge in [-0.2, -0.15) is 0 Å². The van der Waals surface area contributed by atoms with Crippen LogP contribution in [0.5, 0.6) is 0 Å². The maximum atomic E-state index is 8.81. The van der Waals surface area contributed by atoms with Crippen LogP contribution in [0, 0.1) is 0 Å². The van der Waals surface area contributed by atoms with Gasteiger partial charge >= 0.3 is 0 Å². The fourth-order valence-corrected chi connectivity index (χ4v) is 0.867. The summed E-state index contributed by atoms with van der Waals surface area (Å²) in [6, 6.07) is 0. The third-order valence-electron chi connectivity index (χ3n) is 1.11. The molecule has 0 aromatic rings. The molecule has 2 heteroatoms. The van der Waals surface area contributed by atoms with Crippen LogP contribution in [0.15, 0.2) is 11.6 Å². The van der Waals surface area contributed by atoms with Gasteiger partial charge in [0.2, 0.25) is 0 Å². The van der Waals surface area contributed by atoms with E-state index in [0.717, 1.165) is 12.0 Å². The van der Waals surface area contributed by atoms with Gasteiger partial charge in [0, 0.05) is 0 Å². The lowest BCUT2D eigenvalue weighted by atomic mass is 10.2. The molecule has 0 bridgehead atoms. The quantitative estimate of drug-likeness (QED) is 0.332. The van der Waals surface area contributed by atoms with E-state index in [4.69, 9.17) is 5.11 Å². The Bertz CT molecular complexity index is 86.5. The van der Waals surface area contributed by atoms with E-state index in [1.807, 2.05) is 19.9 Å². The Balaban J connectivity index is 3.72. The third kappa shape index (κ3) is 2.38. The molecule has 0 aromatic carbocycles. The number of aliphatic hydroxyl groups is 1. The molecular weight excluding hydrogens is 120 g/mol. The smallest absolute Gasteiger partial charge is 0.118 e. The second-order valence-electron chi connectivity index (χ2n) is 1.59. The summed E-state index contributed by atoms with van der Waals surface area (Å²) in [6.07, 6.45) is 2.76. The molecule has 0 radical (unpaired) electrons. The molecule has 1 atom stereocenters. The molecule has 0 aliphatic carbocycles. The zero-order valence-electron chi connectivity index (χ0n) is 5.26. The van der Waals surface area contributed by atoms with Crippen LogP contribution in [-0.4, -0.2) is 10.5 Å². The van der Waals surface area contributed by atoms with E-state index in [9.17, 15) is 0 Å². The molecule has 48 valence electrons. The molecule has 1 nitrogen and oxygen atoms in total. The summed E-state index contributed by atoms with van der Waals surface area (Å²) in [4.78, 5) is 0. The lowest BCUT2D eigenvalue weighted by molar-refractivity contribution is 0.296. The van der Waals surface area contributed by atoms with E-state index >= 15 is 0 Å². The van der Waals surface area contributed by atoms with Crippen LogP contribution < -0.4 is 0 Å². The normalized spacial score (nSPS) is 16.2. The molecule has 0 spiro atoms. The first-order valence-electron chi connectivity index (χ1n) is 2.73. The van der Waals surface area contributed by atoms with Gasteiger partial charge in [-0.25, -0.2) is 0 Å². The van der Waals surface area contributed by atoms with Gasteiger partial charge in [0.05, 0.1) is 0 Å². The van der Waals surface area contributed by atoms with Gasteiger partial charge < -0.3 is 5.11 Å². The highest BCUT2D eigenvalue weighted by molar-refractivity contribution is 7.80. The number of rotatable bonds is 2. The van der Waals surface area contributed by atoms with Crippen molar-refractivity contribution in [2.45, 2.75) is 25.7 Å². The van der Waals surface area contributed by atoms with E-state index in [1.165, 1.54) is 0 Å². The lowest BCUT2D eigenvalue weighted by Crippen LogP contribution is -1.98. The summed E-state index contributed by atoms with van der Waals surface area (Å²) in [5, 5.41) is 8.81. The number of thiol groups is 1. The molecule has 0 rings (SSSR count). The van der Waals surface area contributed by atoms with Crippen LogP contribution in [0.2, 0.25) is 0 Å². The van der Waals surface area contributed by atoms with Crippen LogP contribution >= 0.6 is 12.6 Å². The predicted molar refractivity (Wildman–Crippen MR) is 39.0 cm³/mol. The highest BCUT2D eigenvalue weighted by atomic mass is 32.1. The van der Waals surface area contributed by atoms with Crippen molar-refractivity contribution in [3.05, 3.63) is 11.6 Å². The predicted octanol–water partition coefficient (Wildman–Crippen LogP) is 1.59. The fraction of sp³-hybridized carbons (Fsp3) is 0.667. The lowest BCUT2D eigenvalue weighted by Gasteiger charge is -2.03. The molecule has 0 aliphatic rings. The van der Waals surface area contributed by atoms with Crippen LogP contribution in [0.25, 0.3) is 0 Å². The maximum Gasteiger partial charge on any atom is 0.118 e. The minimum atomic E-state index is -0.565. The van der Waals surface area contributed by atoms with Gasteiger partial charge in [0.1, 0.15) is 5.44 Å². The van der Waals surface area contributed by atoms with Crippen molar-refractivity contribution in [3.63, 3.8) is 0 Å². The molecule has 0 amide bonds. The minimum Gasteiger partial charge on any atom is -0.379 e. The second kappa shape index (κ2) is 3.98. The average Bonchev–Trinajstić information content (AvgIpc) is 1.69. The average molecular weight is 132 g/mol. The molecule has 8 heavy (non-hydrogen) atoms. The van der Waals surface area contributed by atoms with Crippen molar-refractivity contribution in [2.24, 2.45) is 0 Å². The summed E-state index contributed by atoms with van der Waals surface area (Å²) in [7, 11) is 0.